The van der Waals surface area contributed by atoms with Crippen LogP contribution in [0, 0.1) is 19.7 Å². The van der Waals surface area contributed by atoms with Gasteiger partial charge in [-0.3, -0.25) is 4.99 Å². The third-order valence-corrected chi connectivity index (χ3v) is 4.92. The smallest absolute Gasteiger partial charge is 0.206 e. The summed E-state index contributed by atoms with van der Waals surface area (Å²) in [6.07, 6.45) is 3.26. The van der Waals surface area contributed by atoms with Crippen LogP contribution in [0.5, 0.6) is 0 Å². The average molecular weight is 365 g/mol. The molecular weight excluding hydrogens is 345 g/mol. The quantitative estimate of drug-likeness (QED) is 0.453. The zero-order valence-corrected chi connectivity index (χ0v) is 15.6. The number of aromatic nitrogens is 1. The van der Waals surface area contributed by atoms with Crippen LogP contribution in [0.25, 0.3) is 11.3 Å². The first-order valence-corrected chi connectivity index (χ1v) is 9.16. The van der Waals surface area contributed by atoms with Crippen molar-refractivity contribution in [3.05, 3.63) is 87.8 Å². The van der Waals surface area contributed by atoms with Gasteiger partial charge in [-0.05, 0) is 37.1 Å². The number of halogens is 1. The van der Waals surface area contributed by atoms with Crippen LogP contribution >= 0.6 is 11.3 Å². The fourth-order valence-electron chi connectivity index (χ4n) is 2.46. The van der Waals surface area contributed by atoms with Gasteiger partial charge in [-0.1, -0.05) is 36.4 Å². The molecule has 26 heavy (non-hydrogen) atoms. The van der Waals surface area contributed by atoms with Crippen LogP contribution in [0.3, 0.4) is 0 Å². The van der Waals surface area contributed by atoms with Crippen molar-refractivity contribution in [2.45, 2.75) is 13.8 Å². The van der Waals surface area contributed by atoms with Gasteiger partial charge >= 0.3 is 0 Å². The summed E-state index contributed by atoms with van der Waals surface area (Å²) in [5, 5.41) is 6.53. The predicted molar refractivity (Wildman–Crippen MR) is 107 cm³/mol. The van der Waals surface area contributed by atoms with Gasteiger partial charge < -0.3 is 0 Å². The Bertz CT molecular complexity index is 1030. The molecular formula is C21H20FN3S. The normalized spacial score (nSPS) is 12.0. The van der Waals surface area contributed by atoms with Crippen LogP contribution in [0.2, 0.25) is 0 Å². The van der Waals surface area contributed by atoms with Gasteiger partial charge in [-0.2, -0.15) is 5.10 Å². The van der Waals surface area contributed by atoms with Crippen LogP contribution in [0.15, 0.2) is 70.6 Å². The van der Waals surface area contributed by atoms with E-state index in [1.807, 2.05) is 5.38 Å². The Kier molecular flexibility index (Phi) is 5.58. The molecule has 2 aromatic carbocycles. The van der Waals surface area contributed by atoms with Crippen molar-refractivity contribution in [3.63, 3.8) is 0 Å². The SMILES string of the molecule is C=CCN=c1scc(-c2ccc(C)c(C)c2)n1/N=C\c1ccccc1F. The van der Waals surface area contributed by atoms with Crippen LogP contribution in [0.4, 0.5) is 4.39 Å². The standard InChI is InChI=1S/C21H20FN3S/c1-4-11-23-21-25(24-13-18-7-5-6-8-19(18)22)20(14-26-21)17-10-9-15(2)16(3)12-17/h4-10,12-14H,1,11H2,2-3H3/b23-21?,24-13-. The molecule has 0 saturated heterocycles. The van der Waals surface area contributed by atoms with Crippen molar-refractivity contribution >= 4 is 17.6 Å². The van der Waals surface area contributed by atoms with Crippen LogP contribution < -0.4 is 4.80 Å². The van der Waals surface area contributed by atoms with E-state index >= 15 is 0 Å². The number of hydrogen-bond acceptors (Lipinski definition) is 3. The minimum absolute atomic E-state index is 0.301. The maximum atomic E-state index is 13.9. The topological polar surface area (TPSA) is 29.6 Å². The van der Waals surface area contributed by atoms with Gasteiger partial charge in [-0.25, -0.2) is 9.07 Å². The van der Waals surface area contributed by atoms with Crippen LogP contribution in [-0.2, 0) is 0 Å². The Labute approximate surface area is 156 Å². The molecule has 0 aliphatic heterocycles. The van der Waals surface area contributed by atoms with E-state index in [1.54, 1.807) is 29.0 Å². The van der Waals surface area contributed by atoms with E-state index in [4.69, 9.17) is 0 Å². The van der Waals surface area contributed by atoms with Crippen molar-refractivity contribution in [1.82, 2.24) is 4.68 Å². The second-order valence-electron chi connectivity index (χ2n) is 5.91. The summed E-state index contributed by atoms with van der Waals surface area (Å²) in [6.45, 7) is 8.38. The highest BCUT2D eigenvalue weighted by atomic mass is 32.1. The third-order valence-electron chi connectivity index (χ3n) is 4.06. The van der Waals surface area contributed by atoms with Crippen LogP contribution in [-0.4, -0.2) is 17.4 Å². The van der Waals surface area contributed by atoms with Crippen molar-refractivity contribution in [1.29, 1.82) is 0 Å². The van der Waals surface area contributed by atoms with Gasteiger partial charge in [0.25, 0.3) is 0 Å². The highest BCUT2D eigenvalue weighted by Crippen LogP contribution is 2.23. The molecule has 3 rings (SSSR count). The molecule has 0 aliphatic rings. The minimum Gasteiger partial charge on any atom is -0.253 e. The molecule has 3 nitrogen and oxygen atoms in total. The highest BCUT2D eigenvalue weighted by molar-refractivity contribution is 7.07. The lowest BCUT2D eigenvalue weighted by Gasteiger charge is -2.06. The number of rotatable bonds is 5. The van der Waals surface area contributed by atoms with E-state index in [2.05, 4.69) is 48.7 Å². The van der Waals surface area contributed by atoms with Crippen molar-refractivity contribution < 1.29 is 4.39 Å². The maximum Gasteiger partial charge on any atom is 0.206 e. The van der Waals surface area contributed by atoms with E-state index in [0.29, 0.717) is 12.1 Å². The van der Waals surface area contributed by atoms with Gasteiger partial charge in [0.2, 0.25) is 4.80 Å². The van der Waals surface area contributed by atoms with Gasteiger partial charge in [0.05, 0.1) is 18.5 Å². The zero-order chi connectivity index (χ0) is 18.5. The molecule has 0 N–H and O–H groups in total. The Morgan fingerprint density at radius 2 is 1.96 bits per heavy atom. The van der Waals surface area contributed by atoms with Crippen molar-refractivity contribution in [2.24, 2.45) is 10.1 Å². The summed E-state index contributed by atoms with van der Waals surface area (Å²) >= 11 is 1.50. The highest BCUT2D eigenvalue weighted by Gasteiger charge is 2.08. The molecule has 5 heteroatoms. The molecule has 0 fully saturated rings. The van der Waals surface area contributed by atoms with Gasteiger partial charge in [0.15, 0.2) is 0 Å². The third kappa shape index (κ3) is 3.89. The van der Waals surface area contributed by atoms with Gasteiger partial charge in [0.1, 0.15) is 5.82 Å². The average Bonchev–Trinajstić information content (AvgIpc) is 3.04. The molecule has 0 unspecified atom stereocenters. The lowest BCUT2D eigenvalue weighted by atomic mass is 10.1. The van der Waals surface area contributed by atoms with Crippen molar-refractivity contribution in [3.8, 4) is 11.3 Å². The van der Waals surface area contributed by atoms with E-state index < -0.39 is 0 Å². The van der Waals surface area contributed by atoms with E-state index in [-0.39, 0.29) is 5.82 Å². The molecule has 0 atom stereocenters. The molecule has 0 amide bonds. The second-order valence-corrected chi connectivity index (χ2v) is 6.75. The first-order chi connectivity index (χ1) is 12.6. The summed E-state index contributed by atoms with van der Waals surface area (Å²) in [6, 6.07) is 12.9. The molecule has 0 spiro atoms. The maximum absolute atomic E-state index is 13.9. The second kappa shape index (κ2) is 8.06. The summed E-state index contributed by atoms with van der Waals surface area (Å²) in [7, 11) is 0. The lowest BCUT2D eigenvalue weighted by Crippen LogP contribution is -2.12. The largest absolute Gasteiger partial charge is 0.253 e. The number of hydrogen-bond donors (Lipinski definition) is 0. The molecule has 0 aliphatic carbocycles. The molecule has 132 valence electrons. The Morgan fingerprint density at radius 3 is 2.69 bits per heavy atom. The zero-order valence-electron chi connectivity index (χ0n) is 14.8. The molecule has 0 bridgehead atoms. The van der Waals surface area contributed by atoms with Gasteiger partial charge in [0, 0.05) is 16.5 Å². The molecule has 1 aromatic heterocycles. The number of aryl methyl sites for hydroxylation is 2. The summed E-state index contributed by atoms with van der Waals surface area (Å²) in [5.41, 5.74) is 4.86. The molecule has 0 saturated carbocycles. The monoisotopic (exact) mass is 365 g/mol. The first-order valence-electron chi connectivity index (χ1n) is 8.28. The Morgan fingerprint density at radius 1 is 1.15 bits per heavy atom. The first kappa shape index (κ1) is 18.0. The van der Waals surface area contributed by atoms with Gasteiger partial charge in [-0.15, -0.1) is 17.9 Å². The summed E-state index contributed by atoms with van der Waals surface area (Å²) < 4.78 is 15.7. The van der Waals surface area contributed by atoms with E-state index in [1.165, 1.54) is 34.7 Å². The summed E-state index contributed by atoms with van der Waals surface area (Å²) in [4.78, 5) is 5.24. The Hall–Kier alpha value is -2.79. The number of thiazole rings is 1. The van der Waals surface area contributed by atoms with E-state index in [9.17, 15) is 4.39 Å². The fraction of sp³-hybridized carbons (Fsp3) is 0.143. The number of benzene rings is 2. The van der Waals surface area contributed by atoms with Crippen LogP contribution in [0.1, 0.15) is 16.7 Å². The van der Waals surface area contributed by atoms with E-state index in [0.717, 1.165) is 16.1 Å². The molecule has 3 aromatic rings. The molecule has 0 radical (unpaired) electrons. The Balaban J connectivity index is 2.11. The minimum atomic E-state index is -0.301. The predicted octanol–water partition coefficient (Wildman–Crippen LogP) is 4.94. The lowest BCUT2D eigenvalue weighted by molar-refractivity contribution is 0.625. The fourth-order valence-corrected chi connectivity index (χ4v) is 3.31. The summed E-state index contributed by atoms with van der Waals surface area (Å²) in [5.74, 6) is -0.301. The molecule has 1 heterocycles. The van der Waals surface area contributed by atoms with Crippen molar-refractivity contribution in [2.75, 3.05) is 6.54 Å². The number of nitrogens with zero attached hydrogens (tertiary/aromatic N) is 3.